The van der Waals surface area contributed by atoms with Gasteiger partial charge in [0.1, 0.15) is 11.5 Å². The van der Waals surface area contributed by atoms with Gasteiger partial charge in [0.2, 0.25) is 0 Å². The summed E-state index contributed by atoms with van der Waals surface area (Å²) in [5.41, 5.74) is 3.59. The summed E-state index contributed by atoms with van der Waals surface area (Å²) in [5.74, 6) is 7.45. The number of carbonyl (C=O) groups excluding carboxylic acids is 1. The Hall–Kier alpha value is -4.03. The minimum atomic E-state index is -0.382. The zero-order valence-corrected chi connectivity index (χ0v) is 19.8. The first-order valence-electron chi connectivity index (χ1n) is 11.6. The van der Waals surface area contributed by atoms with Crippen LogP contribution in [0.2, 0.25) is 0 Å². The molecule has 3 heteroatoms. The monoisotopic (exact) mass is 448 g/mol. The van der Waals surface area contributed by atoms with E-state index in [2.05, 4.69) is 25.7 Å². The van der Waals surface area contributed by atoms with Gasteiger partial charge < -0.3 is 9.47 Å². The molecule has 0 aromatic heterocycles. The molecule has 4 rings (SSSR count). The van der Waals surface area contributed by atoms with Crippen LogP contribution < -0.4 is 9.47 Å². The molecule has 0 amide bonds. The van der Waals surface area contributed by atoms with Crippen molar-refractivity contribution in [1.29, 1.82) is 0 Å². The van der Waals surface area contributed by atoms with E-state index in [1.807, 2.05) is 79.7 Å². The van der Waals surface area contributed by atoms with Crippen molar-refractivity contribution < 1.29 is 14.3 Å². The first-order valence-corrected chi connectivity index (χ1v) is 11.6. The van der Waals surface area contributed by atoms with Crippen LogP contribution in [0.15, 0.2) is 84.9 Å². The molecule has 1 atom stereocenters. The van der Waals surface area contributed by atoms with E-state index < -0.39 is 0 Å². The second-order valence-electron chi connectivity index (χ2n) is 8.41. The van der Waals surface area contributed by atoms with E-state index in [4.69, 9.17) is 9.47 Å². The summed E-state index contributed by atoms with van der Waals surface area (Å²) in [6.07, 6.45) is 1.09. The molecule has 0 fully saturated rings. The molecule has 0 bridgehead atoms. The Labute approximate surface area is 201 Å². The topological polar surface area (TPSA) is 35.5 Å². The van der Waals surface area contributed by atoms with Crippen LogP contribution in [0.3, 0.4) is 0 Å². The van der Waals surface area contributed by atoms with Gasteiger partial charge in [-0.1, -0.05) is 62.6 Å². The van der Waals surface area contributed by atoms with Gasteiger partial charge in [-0.25, -0.2) is 4.79 Å². The second-order valence-corrected chi connectivity index (χ2v) is 8.41. The van der Waals surface area contributed by atoms with E-state index >= 15 is 0 Å². The van der Waals surface area contributed by atoms with Crippen LogP contribution in [-0.4, -0.2) is 12.6 Å². The Bertz CT molecular complexity index is 1340. The normalized spacial score (nSPS) is 11.4. The Morgan fingerprint density at radius 1 is 0.824 bits per heavy atom. The minimum absolute atomic E-state index is 0.382. The lowest BCUT2D eigenvalue weighted by Gasteiger charge is -2.12. The van der Waals surface area contributed by atoms with Crippen molar-refractivity contribution >= 4 is 16.7 Å². The second kappa shape index (κ2) is 10.7. The van der Waals surface area contributed by atoms with Crippen molar-refractivity contribution in [2.24, 2.45) is 5.92 Å². The Morgan fingerprint density at radius 3 is 2.03 bits per heavy atom. The lowest BCUT2D eigenvalue weighted by atomic mass is 10.0. The highest BCUT2D eigenvalue weighted by Crippen LogP contribution is 2.26. The third-order valence-corrected chi connectivity index (χ3v) is 5.83. The molecule has 0 heterocycles. The number of fused-ring (bicyclic) bond motifs is 1. The van der Waals surface area contributed by atoms with Crippen LogP contribution >= 0.6 is 0 Å². The van der Waals surface area contributed by atoms with Gasteiger partial charge >= 0.3 is 5.97 Å². The van der Waals surface area contributed by atoms with Crippen molar-refractivity contribution in [1.82, 2.24) is 0 Å². The molecule has 0 saturated heterocycles. The summed E-state index contributed by atoms with van der Waals surface area (Å²) in [4.78, 5) is 12.7. The van der Waals surface area contributed by atoms with Gasteiger partial charge in [-0.05, 0) is 83.3 Å². The Morgan fingerprint density at radius 2 is 1.41 bits per heavy atom. The van der Waals surface area contributed by atoms with E-state index in [0.717, 1.165) is 39.6 Å². The van der Waals surface area contributed by atoms with Gasteiger partial charge in [-0.3, -0.25) is 0 Å². The quantitative estimate of drug-likeness (QED) is 0.167. The predicted octanol–water partition coefficient (Wildman–Crippen LogP) is 7.52. The van der Waals surface area contributed by atoms with Crippen LogP contribution in [-0.2, 0) is 0 Å². The highest BCUT2D eigenvalue weighted by Gasteiger charge is 2.10. The van der Waals surface area contributed by atoms with Gasteiger partial charge in [0, 0.05) is 5.56 Å². The van der Waals surface area contributed by atoms with Crippen molar-refractivity contribution in [2.75, 3.05) is 6.61 Å². The SMILES string of the molecule is CC#Cc1ccc(-c2ccc(C(=O)Oc3ccc4cc(OCC(C)CC)ccc4c3)cc2)cc1. The summed E-state index contributed by atoms with van der Waals surface area (Å²) >= 11 is 0. The Kier molecular flexibility index (Phi) is 7.30. The molecule has 4 aromatic carbocycles. The molecule has 0 radical (unpaired) electrons. The van der Waals surface area contributed by atoms with E-state index in [1.54, 1.807) is 12.1 Å². The van der Waals surface area contributed by atoms with E-state index in [9.17, 15) is 4.79 Å². The first kappa shape index (κ1) is 23.1. The van der Waals surface area contributed by atoms with Crippen LogP contribution in [0.5, 0.6) is 11.5 Å². The number of ether oxygens (including phenoxy) is 2. The average molecular weight is 449 g/mol. The molecule has 1 unspecified atom stereocenters. The lowest BCUT2D eigenvalue weighted by Crippen LogP contribution is -2.08. The molecule has 0 spiro atoms. The molecule has 3 nitrogen and oxygen atoms in total. The summed E-state index contributed by atoms with van der Waals surface area (Å²) in [7, 11) is 0. The van der Waals surface area contributed by atoms with Gasteiger partial charge in [-0.15, -0.1) is 5.92 Å². The summed E-state index contributed by atoms with van der Waals surface area (Å²) < 4.78 is 11.5. The van der Waals surface area contributed by atoms with Crippen LogP contribution in [0.25, 0.3) is 21.9 Å². The van der Waals surface area contributed by atoms with Gasteiger partial charge in [0.05, 0.1) is 12.2 Å². The number of rotatable bonds is 7. The van der Waals surface area contributed by atoms with Crippen molar-refractivity contribution in [3.63, 3.8) is 0 Å². The molecule has 34 heavy (non-hydrogen) atoms. The fourth-order valence-electron chi connectivity index (χ4n) is 3.57. The van der Waals surface area contributed by atoms with Crippen LogP contribution in [0.4, 0.5) is 0 Å². The molecule has 0 saturated carbocycles. The zero-order chi connectivity index (χ0) is 23.9. The third kappa shape index (κ3) is 5.66. The van der Waals surface area contributed by atoms with Crippen molar-refractivity contribution in [3.05, 3.63) is 96.1 Å². The van der Waals surface area contributed by atoms with Gasteiger partial charge in [0.25, 0.3) is 0 Å². The van der Waals surface area contributed by atoms with Crippen molar-refractivity contribution in [2.45, 2.75) is 27.2 Å². The fourth-order valence-corrected chi connectivity index (χ4v) is 3.57. The van der Waals surface area contributed by atoms with Gasteiger partial charge in [-0.2, -0.15) is 0 Å². The molecule has 0 aliphatic carbocycles. The number of benzene rings is 4. The molecule has 4 aromatic rings. The zero-order valence-electron chi connectivity index (χ0n) is 19.8. The Balaban J connectivity index is 1.43. The van der Waals surface area contributed by atoms with Gasteiger partial charge in [0.15, 0.2) is 0 Å². The maximum absolute atomic E-state index is 12.7. The summed E-state index contributed by atoms with van der Waals surface area (Å²) in [6, 6.07) is 27.1. The van der Waals surface area contributed by atoms with Crippen LogP contribution in [0.1, 0.15) is 43.1 Å². The van der Waals surface area contributed by atoms with E-state index in [-0.39, 0.29) is 5.97 Å². The first-order chi connectivity index (χ1) is 16.6. The molecule has 0 N–H and O–H groups in total. The smallest absolute Gasteiger partial charge is 0.343 e. The van der Waals surface area contributed by atoms with Crippen molar-refractivity contribution in [3.8, 4) is 34.5 Å². The molecular weight excluding hydrogens is 420 g/mol. The highest BCUT2D eigenvalue weighted by molar-refractivity contribution is 5.93. The van der Waals surface area contributed by atoms with E-state index in [1.165, 1.54) is 0 Å². The predicted molar refractivity (Wildman–Crippen MR) is 138 cm³/mol. The number of esters is 1. The highest BCUT2D eigenvalue weighted by atomic mass is 16.5. The lowest BCUT2D eigenvalue weighted by molar-refractivity contribution is 0.0735. The van der Waals surface area contributed by atoms with Crippen LogP contribution in [0, 0.1) is 17.8 Å². The maximum Gasteiger partial charge on any atom is 0.343 e. The molecule has 0 aliphatic heterocycles. The molecule has 170 valence electrons. The van der Waals surface area contributed by atoms with E-state index in [0.29, 0.717) is 23.8 Å². The fraction of sp³-hybridized carbons (Fsp3) is 0.194. The average Bonchev–Trinajstić information content (AvgIpc) is 2.88. The molecule has 0 aliphatic rings. The number of carbonyl (C=O) groups is 1. The summed E-state index contributed by atoms with van der Waals surface area (Å²) in [5, 5.41) is 2.04. The standard InChI is InChI=1S/C31H28O3/c1-4-6-23-7-9-24(10-8-23)25-11-13-26(14-12-25)31(32)34-30-18-16-27-19-29(17-15-28(27)20-30)33-21-22(3)5-2/h7-20,22H,5,21H2,1-3H3. The number of hydrogen-bond acceptors (Lipinski definition) is 3. The molecular formula is C31H28O3. The largest absolute Gasteiger partial charge is 0.493 e. The number of hydrogen-bond donors (Lipinski definition) is 0. The maximum atomic E-state index is 12.7. The minimum Gasteiger partial charge on any atom is -0.493 e. The summed E-state index contributed by atoms with van der Waals surface area (Å²) in [6.45, 7) is 6.86. The third-order valence-electron chi connectivity index (χ3n) is 5.83.